The van der Waals surface area contributed by atoms with Gasteiger partial charge in [-0.15, -0.1) is 0 Å². The van der Waals surface area contributed by atoms with Crippen LogP contribution < -0.4 is 0 Å². The monoisotopic (exact) mass is 398 g/mol. The second-order valence-electron chi connectivity index (χ2n) is 5.38. The standard InChI is InChI=1S/C9H19Br.C8H17Br/c1-2-3-4-5-6-7-8-9-10;1-3-5-6-8(4-2)7-9/h2-9H2,1H3;8H,3-7H2,1-2H3. The van der Waals surface area contributed by atoms with Gasteiger partial charge < -0.3 is 0 Å². The molecule has 0 aliphatic heterocycles. The highest BCUT2D eigenvalue weighted by atomic mass is 79.9. The van der Waals surface area contributed by atoms with Crippen molar-refractivity contribution in [1.82, 2.24) is 0 Å². The Labute approximate surface area is 139 Å². The zero-order valence-electron chi connectivity index (χ0n) is 13.5. The van der Waals surface area contributed by atoms with Crippen molar-refractivity contribution in [2.75, 3.05) is 10.7 Å². The van der Waals surface area contributed by atoms with E-state index in [1.165, 1.54) is 81.3 Å². The van der Waals surface area contributed by atoms with E-state index in [-0.39, 0.29) is 0 Å². The maximum Gasteiger partial charge on any atom is 0.00595 e. The molecule has 0 aliphatic rings. The van der Waals surface area contributed by atoms with Gasteiger partial charge in [0.2, 0.25) is 0 Å². The maximum absolute atomic E-state index is 3.51. The third-order valence-corrected chi connectivity index (χ3v) is 4.98. The van der Waals surface area contributed by atoms with Gasteiger partial charge in [0, 0.05) is 10.7 Å². The summed E-state index contributed by atoms with van der Waals surface area (Å²) in [6.07, 6.45) is 15.3. The van der Waals surface area contributed by atoms with Crippen molar-refractivity contribution in [3.63, 3.8) is 0 Å². The van der Waals surface area contributed by atoms with Crippen LogP contribution in [0.3, 0.4) is 0 Å². The average Bonchev–Trinajstić information content (AvgIpc) is 2.45. The summed E-state index contributed by atoms with van der Waals surface area (Å²) in [6.45, 7) is 6.78. The molecule has 0 saturated carbocycles. The van der Waals surface area contributed by atoms with Gasteiger partial charge in [-0.2, -0.15) is 0 Å². The Bertz CT molecular complexity index is 125. The van der Waals surface area contributed by atoms with Crippen LogP contribution in [0.15, 0.2) is 0 Å². The molecular weight excluding hydrogens is 364 g/mol. The van der Waals surface area contributed by atoms with Crippen LogP contribution >= 0.6 is 31.9 Å². The van der Waals surface area contributed by atoms with E-state index in [1.54, 1.807) is 0 Å². The van der Waals surface area contributed by atoms with Gasteiger partial charge in [-0.05, 0) is 18.8 Å². The quantitative estimate of drug-likeness (QED) is 0.232. The molecule has 19 heavy (non-hydrogen) atoms. The SMILES string of the molecule is CCCCC(CC)CBr.CCCCCCCCCBr. The Hall–Kier alpha value is 0.960. The van der Waals surface area contributed by atoms with E-state index in [1.807, 2.05) is 0 Å². The molecule has 0 nitrogen and oxygen atoms in total. The first-order valence-corrected chi connectivity index (χ1v) is 10.6. The van der Waals surface area contributed by atoms with Crippen LogP contribution in [-0.2, 0) is 0 Å². The molecule has 0 radical (unpaired) electrons. The fourth-order valence-corrected chi connectivity index (χ4v) is 3.11. The first-order chi connectivity index (χ1) is 9.26. The predicted octanol–water partition coefficient (Wildman–Crippen LogP) is 7.73. The number of rotatable bonds is 12. The lowest BCUT2D eigenvalue weighted by molar-refractivity contribution is 0.502. The Morgan fingerprint density at radius 3 is 1.63 bits per heavy atom. The van der Waals surface area contributed by atoms with Crippen molar-refractivity contribution in [2.24, 2.45) is 5.92 Å². The van der Waals surface area contributed by atoms with E-state index in [4.69, 9.17) is 0 Å². The minimum absolute atomic E-state index is 0.921. The number of hydrogen-bond donors (Lipinski definition) is 0. The smallest absolute Gasteiger partial charge is 0.00595 e. The van der Waals surface area contributed by atoms with Gasteiger partial charge in [0.25, 0.3) is 0 Å². The fraction of sp³-hybridized carbons (Fsp3) is 1.00. The molecule has 0 spiro atoms. The lowest BCUT2D eigenvalue weighted by Gasteiger charge is -2.08. The molecule has 1 atom stereocenters. The molecular formula is C17H36Br2. The molecule has 0 fully saturated rings. The van der Waals surface area contributed by atoms with Crippen LogP contribution in [-0.4, -0.2) is 10.7 Å². The normalized spacial score (nSPS) is 11.8. The predicted molar refractivity (Wildman–Crippen MR) is 98.9 cm³/mol. The second kappa shape index (κ2) is 21.3. The van der Waals surface area contributed by atoms with Crippen LogP contribution in [0, 0.1) is 5.92 Å². The highest BCUT2D eigenvalue weighted by molar-refractivity contribution is 9.09. The van der Waals surface area contributed by atoms with Gasteiger partial charge in [-0.25, -0.2) is 0 Å². The summed E-state index contributed by atoms with van der Waals surface area (Å²) >= 11 is 6.94. The molecule has 0 bridgehead atoms. The molecule has 0 aromatic carbocycles. The van der Waals surface area contributed by atoms with E-state index in [0.29, 0.717) is 0 Å². The summed E-state index contributed by atoms with van der Waals surface area (Å²) in [5, 5.41) is 2.37. The number of alkyl halides is 2. The Kier molecular flexibility index (Phi) is 24.9. The van der Waals surface area contributed by atoms with Crippen LogP contribution in [0.25, 0.3) is 0 Å². The van der Waals surface area contributed by atoms with E-state index in [9.17, 15) is 0 Å². The number of hydrogen-bond acceptors (Lipinski definition) is 0. The molecule has 0 aromatic heterocycles. The van der Waals surface area contributed by atoms with Gasteiger partial charge in [0.05, 0.1) is 0 Å². The van der Waals surface area contributed by atoms with Crippen molar-refractivity contribution < 1.29 is 0 Å². The summed E-state index contributed by atoms with van der Waals surface area (Å²) in [5.41, 5.74) is 0. The summed E-state index contributed by atoms with van der Waals surface area (Å²) in [4.78, 5) is 0. The minimum atomic E-state index is 0.921. The zero-order valence-corrected chi connectivity index (χ0v) is 16.7. The van der Waals surface area contributed by atoms with Crippen LogP contribution in [0.5, 0.6) is 0 Å². The Morgan fingerprint density at radius 1 is 0.684 bits per heavy atom. The first kappa shape index (κ1) is 22.2. The van der Waals surface area contributed by atoms with Crippen LogP contribution in [0.4, 0.5) is 0 Å². The summed E-state index contributed by atoms with van der Waals surface area (Å²) in [6, 6.07) is 0. The van der Waals surface area contributed by atoms with E-state index in [2.05, 4.69) is 52.6 Å². The van der Waals surface area contributed by atoms with Gasteiger partial charge in [-0.3, -0.25) is 0 Å². The molecule has 0 aliphatic carbocycles. The number of halogens is 2. The Morgan fingerprint density at radius 2 is 1.21 bits per heavy atom. The highest BCUT2D eigenvalue weighted by Crippen LogP contribution is 2.14. The lowest BCUT2D eigenvalue weighted by atomic mass is 10.0. The fourth-order valence-electron chi connectivity index (χ4n) is 1.93. The van der Waals surface area contributed by atoms with E-state index >= 15 is 0 Å². The van der Waals surface area contributed by atoms with E-state index in [0.717, 1.165) is 5.92 Å². The third kappa shape index (κ3) is 21.4. The minimum Gasteiger partial charge on any atom is -0.0928 e. The first-order valence-electron chi connectivity index (χ1n) is 8.38. The van der Waals surface area contributed by atoms with Gasteiger partial charge >= 0.3 is 0 Å². The summed E-state index contributed by atoms with van der Waals surface area (Å²) in [7, 11) is 0. The summed E-state index contributed by atoms with van der Waals surface area (Å²) in [5.74, 6) is 0.921. The van der Waals surface area contributed by atoms with Crippen molar-refractivity contribution in [3.8, 4) is 0 Å². The molecule has 2 heteroatoms. The van der Waals surface area contributed by atoms with E-state index < -0.39 is 0 Å². The molecule has 0 aromatic rings. The topological polar surface area (TPSA) is 0 Å². The molecule has 118 valence electrons. The van der Waals surface area contributed by atoms with Crippen LogP contribution in [0.1, 0.15) is 91.4 Å². The Balaban J connectivity index is 0. The molecule has 0 N–H and O–H groups in total. The zero-order chi connectivity index (χ0) is 14.8. The van der Waals surface area contributed by atoms with Crippen LogP contribution in [0.2, 0.25) is 0 Å². The third-order valence-electron chi connectivity index (χ3n) is 3.50. The molecule has 0 rings (SSSR count). The lowest BCUT2D eigenvalue weighted by Crippen LogP contribution is -1.98. The van der Waals surface area contributed by atoms with Gasteiger partial charge in [0.15, 0.2) is 0 Å². The largest absolute Gasteiger partial charge is 0.0928 e. The van der Waals surface area contributed by atoms with Crippen molar-refractivity contribution >= 4 is 31.9 Å². The molecule has 0 saturated heterocycles. The highest BCUT2D eigenvalue weighted by Gasteiger charge is 2.01. The van der Waals surface area contributed by atoms with Crippen molar-refractivity contribution in [3.05, 3.63) is 0 Å². The van der Waals surface area contributed by atoms with Gasteiger partial charge in [0.1, 0.15) is 0 Å². The molecule has 0 heterocycles. The van der Waals surface area contributed by atoms with Crippen molar-refractivity contribution in [1.29, 1.82) is 0 Å². The van der Waals surface area contributed by atoms with Crippen molar-refractivity contribution in [2.45, 2.75) is 91.4 Å². The summed E-state index contributed by atoms with van der Waals surface area (Å²) < 4.78 is 0. The molecule has 0 amide bonds. The van der Waals surface area contributed by atoms with Gasteiger partial charge in [-0.1, -0.05) is 110 Å². The number of unbranched alkanes of at least 4 members (excludes halogenated alkanes) is 7. The average molecular weight is 400 g/mol. The second-order valence-corrected chi connectivity index (χ2v) is 6.82. The maximum atomic E-state index is 3.51. The molecule has 1 unspecified atom stereocenters.